The molecule has 106 valence electrons. The van der Waals surface area contributed by atoms with Gasteiger partial charge in [-0.1, -0.05) is 12.1 Å². The second-order valence-corrected chi connectivity index (χ2v) is 5.21. The first-order valence-electron chi connectivity index (χ1n) is 6.15. The van der Waals surface area contributed by atoms with Gasteiger partial charge in [0.15, 0.2) is 0 Å². The molecule has 0 aromatic heterocycles. The van der Waals surface area contributed by atoms with Crippen LogP contribution >= 0.6 is 15.9 Å². The largest absolute Gasteiger partial charge is 0.312 e. The van der Waals surface area contributed by atoms with E-state index in [0.717, 1.165) is 11.6 Å². The molecule has 1 nitrogen and oxygen atoms in total. The van der Waals surface area contributed by atoms with Gasteiger partial charge in [0.1, 0.15) is 17.5 Å². The number of hydrogen-bond donors (Lipinski definition) is 1. The van der Waals surface area contributed by atoms with Gasteiger partial charge in [0.05, 0.1) is 4.47 Å². The summed E-state index contributed by atoms with van der Waals surface area (Å²) in [6, 6.07) is 8.29. The van der Waals surface area contributed by atoms with Crippen LogP contribution in [0.4, 0.5) is 13.2 Å². The summed E-state index contributed by atoms with van der Waals surface area (Å²) in [6.45, 7) is 1.03. The van der Waals surface area contributed by atoms with Gasteiger partial charge in [0, 0.05) is 12.6 Å². The van der Waals surface area contributed by atoms with Gasteiger partial charge in [0.2, 0.25) is 0 Å². The van der Waals surface area contributed by atoms with Gasteiger partial charge in [0.25, 0.3) is 0 Å². The van der Waals surface area contributed by atoms with Gasteiger partial charge in [-0.05, 0) is 58.2 Å². The average molecular weight is 344 g/mol. The number of hydrogen-bond acceptors (Lipinski definition) is 1. The SMILES string of the molecule is Fc1cc(F)cc(CCNCc2cccc(F)c2Br)c1. The highest BCUT2D eigenvalue weighted by molar-refractivity contribution is 9.10. The van der Waals surface area contributed by atoms with Crippen LogP contribution in [0.1, 0.15) is 11.1 Å². The predicted octanol–water partition coefficient (Wildman–Crippen LogP) is 4.20. The molecule has 0 atom stereocenters. The maximum Gasteiger partial charge on any atom is 0.137 e. The third kappa shape index (κ3) is 4.08. The lowest BCUT2D eigenvalue weighted by atomic mass is 10.1. The van der Waals surface area contributed by atoms with Crippen molar-refractivity contribution in [1.29, 1.82) is 0 Å². The molecule has 2 rings (SSSR count). The van der Waals surface area contributed by atoms with E-state index >= 15 is 0 Å². The van der Waals surface area contributed by atoms with Crippen LogP contribution in [-0.2, 0) is 13.0 Å². The molecule has 0 saturated heterocycles. The number of rotatable bonds is 5. The van der Waals surface area contributed by atoms with E-state index in [-0.39, 0.29) is 5.82 Å². The Bertz CT molecular complexity index is 581. The minimum atomic E-state index is -0.576. The summed E-state index contributed by atoms with van der Waals surface area (Å²) < 4.78 is 39.7. The first-order chi connectivity index (χ1) is 9.56. The van der Waals surface area contributed by atoms with E-state index < -0.39 is 11.6 Å². The molecule has 0 heterocycles. The Balaban J connectivity index is 1.86. The summed E-state index contributed by atoms with van der Waals surface area (Å²) in [5, 5.41) is 3.12. The normalized spacial score (nSPS) is 10.8. The van der Waals surface area contributed by atoms with Gasteiger partial charge in [-0.2, -0.15) is 0 Å². The molecular weight excluding hydrogens is 331 g/mol. The van der Waals surface area contributed by atoms with Crippen molar-refractivity contribution in [2.24, 2.45) is 0 Å². The fraction of sp³-hybridized carbons (Fsp3) is 0.200. The second-order valence-electron chi connectivity index (χ2n) is 4.42. The molecule has 0 aliphatic heterocycles. The molecule has 0 saturated carbocycles. The summed E-state index contributed by atoms with van der Waals surface area (Å²) in [5.74, 6) is -1.46. The Morgan fingerprint density at radius 2 is 1.70 bits per heavy atom. The summed E-state index contributed by atoms with van der Waals surface area (Å²) in [6.07, 6.45) is 0.502. The zero-order valence-electron chi connectivity index (χ0n) is 10.6. The molecule has 0 aliphatic carbocycles. The topological polar surface area (TPSA) is 12.0 Å². The van der Waals surface area contributed by atoms with Crippen molar-refractivity contribution in [3.63, 3.8) is 0 Å². The minimum absolute atomic E-state index is 0.309. The van der Waals surface area contributed by atoms with Crippen molar-refractivity contribution in [2.45, 2.75) is 13.0 Å². The van der Waals surface area contributed by atoms with Gasteiger partial charge in [-0.15, -0.1) is 0 Å². The highest BCUT2D eigenvalue weighted by atomic mass is 79.9. The molecule has 0 radical (unpaired) electrons. The lowest BCUT2D eigenvalue weighted by Crippen LogP contribution is -2.17. The summed E-state index contributed by atoms with van der Waals surface area (Å²) in [7, 11) is 0. The van der Waals surface area contributed by atoms with Gasteiger partial charge >= 0.3 is 0 Å². The third-order valence-electron chi connectivity index (χ3n) is 2.86. The molecule has 2 aromatic carbocycles. The molecule has 20 heavy (non-hydrogen) atoms. The zero-order valence-corrected chi connectivity index (χ0v) is 12.2. The van der Waals surface area contributed by atoms with Crippen LogP contribution in [0, 0.1) is 17.5 Å². The summed E-state index contributed by atoms with van der Waals surface area (Å²) in [4.78, 5) is 0. The minimum Gasteiger partial charge on any atom is -0.312 e. The number of nitrogens with one attached hydrogen (secondary N) is 1. The van der Waals surface area contributed by atoms with Crippen LogP contribution in [0.3, 0.4) is 0 Å². The Kier molecular flexibility index (Phi) is 5.20. The molecule has 1 N–H and O–H groups in total. The van der Waals surface area contributed by atoms with Crippen LogP contribution in [0.5, 0.6) is 0 Å². The lowest BCUT2D eigenvalue weighted by molar-refractivity contribution is 0.577. The highest BCUT2D eigenvalue weighted by Crippen LogP contribution is 2.20. The smallest absolute Gasteiger partial charge is 0.137 e. The Morgan fingerprint density at radius 1 is 1.00 bits per heavy atom. The van der Waals surface area contributed by atoms with E-state index in [1.807, 2.05) is 6.07 Å². The zero-order chi connectivity index (χ0) is 14.5. The van der Waals surface area contributed by atoms with E-state index in [2.05, 4.69) is 21.2 Å². The van der Waals surface area contributed by atoms with E-state index in [0.29, 0.717) is 29.5 Å². The second kappa shape index (κ2) is 6.90. The Morgan fingerprint density at radius 3 is 2.40 bits per heavy atom. The molecule has 2 aromatic rings. The Hall–Kier alpha value is -1.33. The van der Waals surface area contributed by atoms with E-state index in [1.54, 1.807) is 6.07 Å². The van der Waals surface area contributed by atoms with Crippen molar-refractivity contribution < 1.29 is 13.2 Å². The number of halogens is 4. The van der Waals surface area contributed by atoms with Crippen LogP contribution in [0.2, 0.25) is 0 Å². The molecule has 0 unspecified atom stereocenters. The van der Waals surface area contributed by atoms with Crippen LogP contribution in [0.25, 0.3) is 0 Å². The molecule has 5 heteroatoms. The highest BCUT2D eigenvalue weighted by Gasteiger charge is 2.05. The maximum atomic E-state index is 13.3. The third-order valence-corrected chi connectivity index (χ3v) is 3.75. The first kappa shape index (κ1) is 15.1. The fourth-order valence-electron chi connectivity index (χ4n) is 1.90. The van der Waals surface area contributed by atoms with Gasteiger partial charge in [-0.25, -0.2) is 13.2 Å². The van der Waals surface area contributed by atoms with Crippen LogP contribution in [0.15, 0.2) is 40.9 Å². The van der Waals surface area contributed by atoms with Crippen LogP contribution < -0.4 is 5.32 Å². The van der Waals surface area contributed by atoms with Crippen molar-refractivity contribution in [2.75, 3.05) is 6.54 Å². The van der Waals surface area contributed by atoms with Crippen molar-refractivity contribution >= 4 is 15.9 Å². The van der Waals surface area contributed by atoms with Crippen molar-refractivity contribution in [1.82, 2.24) is 5.32 Å². The lowest BCUT2D eigenvalue weighted by Gasteiger charge is -2.08. The fourth-order valence-corrected chi connectivity index (χ4v) is 2.30. The van der Waals surface area contributed by atoms with E-state index in [4.69, 9.17) is 0 Å². The van der Waals surface area contributed by atoms with Crippen molar-refractivity contribution in [3.8, 4) is 0 Å². The molecule has 0 amide bonds. The average Bonchev–Trinajstić information content (AvgIpc) is 2.38. The van der Waals surface area contributed by atoms with E-state index in [1.165, 1.54) is 18.2 Å². The van der Waals surface area contributed by atoms with Crippen molar-refractivity contribution in [3.05, 3.63) is 69.4 Å². The molecule has 0 bridgehead atoms. The molecular formula is C15H13BrF3N. The maximum absolute atomic E-state index is 13.3. The molecule has 0 fully saturated rings. The van der Waals surface area contributed by atoms with E-state index in [9.17, 15) is 13.2 Å². The molecule has 0 spiro atoms. The summed E-state index contributed by atoms with van der Waals surface area (Å²) >= 11 is 3.18. The number of benzene rings is 2. The summed E-state index contributed by atoms with van der Waals surface area (Å²) in [5.41, 5.74) is 1.39. The molecule has 0 aliphatic rings. The van der Waals surface area contributed by atoms with Gasteiger partial charge < -0.3 is 5.32 Å². The van der Waals surface area contributed by atoms with Crippen LogP contribution in [-0.4, -0.2) is 6.54 Å². The predicted molar refractivity (Wildman–Crippen MR) is 75.9 cm³/mol. The van der Waals surface area contributed by atoms with Gasteiger partial charge in [-0.3, -0.25) is 0 Å². The standard InChI is InChI=1S/C15H13BrF3N/c16-15-11(2-1-3-14(15)19)9-20-5-4-10-6-12(17)8-13(18)7-10/h1-3,6-8,20H,4-5,9H2. The Labute approximate surface area is 123 Å². The quantitative estimate of drug-likeness (QED) is 0.802. The monoisotopic (exact) mass is 343 g/mol. The first-order valence-corrected chi connectivity index (χ1v) is 6.94.